The first kappa shape index (κ1) is 20.1. The standard InChI is InChI=1S/C20H23ClN4O3S/c21-16-8-9-19(22-15-16)23-11-13-24(14-12-23)20(26)18-7-4-10-25(18)29(27,28)17-5-2-1-3-6-17/h1-3,5-6,8-9,15,18H,4,7,10-14H2. The second-order valence-electron chi connectivity index (χ2n) is 7.23. The highest BCUT2D eigenvalue weighted by molar-refractivity contribution is 7.89. The van der Waals surface area contributed by atoms with Crippen LogP contribution >= 0.6 is 11.6 Å². The average molecular weight is 435 g/mol. The lowest BCUT2D eigenvalue weighted by Gasteiger charge is -2.37. The average Bonchev–Trinajstić information content (AvgIpc) is 3.25. The van der Waals surface area contributed by atoms with Crippen LogP contribution in [0.4, 0.5) is 5.82 Å². The molecule has 2 aliphatic rings. The number of hydrogen-bond acceptors (Lipinski definition) is 5. The lowest BCUT2D eigenvalue weighted by atomic mass is 10.2. The summed E-state index contributed by atoms with van der Waals surface area (Å²) in [7, 11) is -3.68. The molecule has 1 unspecified atom stereocenters. The summed E-state index contributed by atoms with van der Waals surface area (Å²) in [5.41, 5.74) is 0. The molecule has 9 heteroatoms. The number of amides is 1. The third kappa shape index (κ3) is 4.10. The molecule has 7 nitrogen and oxygen atoms in total. The van der Waals surface area contributed by atoms with Gasteiger partial charge in [-0.05, 0) is 37.1 Å². The van der Waals surface area contributed by atoms with Gasteiger partial charge in [-0.1, -0.05) is 29.8 Å². The van der Waals surface area contributed by atoms with Crippen molar-refractivity contribution in [3.63, 3.8) is 0 Å². The van der Waals surface area contributed by atoms with Gasteiger partial charge in [0.15, 0.2) is 0 Å². The highest BCUT2D eigenvalue weighted by atomic mass is 35.5. The molecule has 3 heterocycles. The fraction of sp³-hybridized carbons (Fsp3) is 0.400. The van der Waals surface area contributed by atoms with Gasteiger partial charge >= 0.3 is 0 Å². The summed E-state index contributed by atoms with van der Waals surface area (Å²) in [4.78, 5) is 21.6. The number of carbonyl (C=O) groups excluding carboxylic acids is 1. The molecule has 0 spiro atoms. The van der Waals surface area contributed by atoms with Crippen LogP contribution in [0.1, 0.15) is 12.8 Å². The molecule has 0 saturated carbocycles. The van der Waals surface area contributed by atoms with Crippen LogP contribution in [0, 0.1) is 0 Å². The fourth-order valence-corrected chi connectivity index (χ4v) is 5.71. The molecular weight excluding hydrogens is 412 g/mol. The van der Waals surface area contributed by atoms with Gasteiger partial charge in [0, 0.05) is 38.9 Å². The summed E-state index contributed by atoms with van der Waals surface area (Å²) in [6.45, 7) is 2.76. The Bertz CT molecular complexity index is 961. The third-order valence-electron chi connectivity index (χ3n) is 5.47. The van der Waals surface area contributed by atoms with Crippen molar-refractivity contribution in [2.75, 3.05) is 37.6 Å². The van der Waals surface area contributed by atoms with E-state index < -0.39 is 16.1 Å². The zero-order valence-corrected chi connectivity index (χ0v) is 17.5. The van der Waals surface area contributed by atoms with Crippen LogP contribution in [0.2, 0.25) is 5.02 Å². The monoisotopic (exact) mass is 434 g/mol. The van der Waals surface area contributed by atoms with Gasteiger partial charge in [-0.3, -0.25) is 4.79 Å². The second kappa shape index (κ2) is 8.30. The molecule has 0 aliphatic carbocycles. The molecule has 2 aromatic rings. The lowest BCUT2D eigenvalue weighted by molar-refractivity contribution is -0.134. The third-order valence-corrected chi connectivity index (χ3v) is 7.61. The number of piperazine rings is 1. The minimum absolute atomic E-state index is 0.106. The van der Waals surface area contributed by atoms with Gasteiger partial charge in [0.1, 0.15) is 11.9 Å². The Morgan fingerprint density at radius 3 is 2.38 bits per heavy atom. The van der Waals surface area contributed by atoms with Gasteiger partial charge in [-0.2, -0.15) is 4.31 Å². The number of nitrogens with zero attached hydrogens (tertiary/aromatic N) is 4. The molecule has 29 heavy (non-hydrogen) atoms. The summed E-state index contributed by atoms with van der Waals surface area (Å²) in [6, 6.07) is 11.4. The van der Waals surface area contributed by atoms with Gasteiger partial charge in [0.2, 0.25) is 15.9 Å². The Morgan fingerprint density at radius 1 is 1.00 bits per heavy atom. The predicted octanol–water partition coefficient (Wildman–Crippen LogP) is 2.24. The van der Waals surface area contributed by atoms with Gasteiger partial charge in [0.05, 0.1) is 9.92 Å². The van der Waals surface area contributed by atoms with E-state index in [1.807, 2.05) is 6.07 Å². The summed E-state index contributed by atoms with van der Waals surface area (Å²) in [5.74, 6) is 0.723. The molecule has 2 fully saturated rings. The lowest BCUT2D eigenvalue weighted by Crippen LogP contribution is -2.54. The molecule has 1 aromatic heterocycles. The minimum atomic E-state index is -3.68. The van der Waals surface area contributed by atoms with Crippen LogP contribution in [-0.4, -0.2) is 67.3 Å². The first-order chi connectivity index (χ1) is 14.0. The quantitative estimate of drug-likeness (QED) is 0.737. The first-order valence-corrected chi connectivity index (χ1v) is 11.5. The van der Waals surface area contributed by atoms with Crippen molar-refractivity contribution < 1.29 is 13.2 Å². The van der Waals surface area contributed by atoms with Gasteiger partial charge < -0.3 is 9.80 Å². The van der Waals surface area contributed by atoms with Crippen molar-refractivity contribution in [2.45, 2.75) is 23.8 Å². The van der Waals surface area contributed by atoms with Crippen molar-refractivity contribution >= 4 is 33.3 Å². The molecular formula is C20H23ClN4O3S. The molecule has 1 amide bonds. The Labute approximate surface area is 175 Å². The van der Waals surface area contributed by atoms with E-state index in [-0.39, 0.29) is 10.8 Å². The topological polar surface area (TPSA) is 73.8 Å². The molecule has 1 aromatic carbocycles. The number of pyridine rings is 1. The van der Waals surface area contributed by atoms with Crippen molar-refractivity contribution in [1.82, 2.24) is 14.2 Å². The van der Waals surface area contributed by atoms with E-state index in [9.17, 15) is 13.2 Å². The van der Waals surface area contributed by atoms with E-state index in [0.717, 1.165) is 5.82 Å². The predicted molar refractivity (Wildman–Crippen MR) is 111 cm³/mol. The van der Waals surface area contributed by atoms with Gasteiger partial charge in [-0.15, -0.1) is 0 Å². The van der Waals surface area contributed by atoms with E-state index >= 15 is 0 Å². The Hall–Kier alpha value is -2.16. The van der Waals surface area contributed by atoms with E-state index in [0.29, 0.717) is 50.6 Å². The fourth-order valence-electron chi connectivity index (χ4n) is 3.92. The van der Waals surface area contributed by atoms with Gasteiger partial charge in [0.25, 0.3) is 0 Å². The molecule has 0 bridgehead atoms. The van der Waals surface area contributed by atoms with E-state index in [2.05, 4.69) is 9.88 Å². The van der Waals surface area contributed by atoms with Crippen LogP contribution < -0.4 is 4.90 Å². The zero-order chi connectivity index (χ0) is 20.4. The second-order valence-corrected chi connectivity index (χ2v) is 9.56. The van der Waals surface area contributed by atoms with E-state index in [4.69, 9.17) is 11.6 Å². The SMILES string of the molecule is O=C(C1CCCN1S(=O)(=O)c1ccccc1)N1CCN(c2ccc(Cl)cn2)CC1. The van der Waals surface area contributed by atoms with Crippen molar-refractivity contribution in [3.8, 4) is 0 Å². The molecule has 0 N–H and O–H groups in total. The van der Waals surface area contributed by atoms with E-state index in [1.54, 1.807) is 47.5 Å². The molecule has 2 saturated heterocycles. The first-order valence-electron chi connectivity index (χ1n) is 9.69. The minimum Gasteiger partial charge on any atom is -0.353 e. The molecule has 1 atom stereocenters. The summed E-state index contributed by atoms with van der Waals surface area (Å²) in [5, 5.41) is 0.587. The highest BCUT2D eigenvalue weighted by Gasteiger charge is 2.41. The van der Waals surface area contributed by atoms with Crippen LogP contribution in [0.15, 0.2) is 53.6 Å². The summed E-state index contributed by atoms with van der Waals surface area (Å²) < 4.78 is 27.4. The molecule has 4 rings (SSSR count). The van der Waals surface area contributed by atoms with Crippen LogP contribution in [-0.2, 0) is 14.8 Å². The van der Waals surface area contributed by atoms with Gasteiger partial charge in [-0.25, -0.2) is 13.4 Å². The van der Waals surface area contributed by atoms with Crippen molar-refractivity contribution in [1.29, 1.82) is 0 Å². The Morgan fingerprint density at radius 2 is 1.72 bits per heavy atom. The number of sulfonamides is 1. The maximum atomic E-state index is 13.1. The van der Waals surface area contributed by atoms with Crippen molar-refractivity contribution in [2.24, 2.45) is 0 Å². The number of benzene rings is 1. The maximum absolute atomic E-state index is 13.1. The normalized spacial score (nSPS) is 20.8. The highest BCUT2D eigenvalue weighted by Crippen LogP contribution is 2.28. The zero-order valence-electron chi connectivity index (χ0n) is 15.9. The summed E-state index contributed by atoms with van der Waals surface area (Å²) in [6.07, 6.45) is 2.86. The Kier molecular flexibility index (Phi) is 5.76. The smallest absolute Gasteiger partial charge is 0.243 e. The molecule has 0 radical (unpaired) electrons. The number of halogens is 1. The van der Waals surface area contributed by atoms with E-state index in [1.165, 1.54) is 4.31 Å². The summed E-state index contributed by atoms with van der Waals surface area (Å²) >= 11 is 5.90. The molecule has 2 aliphatic heterocycles. The number of hydrogen-bond donors (Lipinski definition) is 0. The largest absolute Gasteiger partial charge is 0.353 e. The van der Waals surface area contributed by atoms with Crippen LogP contribution in [0.3, 0.4) is 0 Å². The number of aromatic nitrogens is 1. The van der Waals surface area contributed by atoms with Crippen LogP contribution in [0.25, 0.3) is 0 Å². The van der Waals surface area contributed by atoms with Crippen molar-refractivity contribution in [3.05, 3.63) is 53.7 Å². The number of anilines is 1. The number of rotatable bonds is 4. The maximum Gasteiger partial charge on any atom is 0.243 e. The molecule has 154 valence electrons. The Balaban J connectivity index is 1.43. The van der Waals surface area contributed by atoms with Crippen LogP contribution in [0.5, 0.6) is 0 Å². The number of carbonyl (C=O) groups is 1.